The molecule has 1 aliphatic heterocycles. The van der Waals surface area contributed by atoms with E-state index in [2.05, 4.69) is 32.2 Å². The molecular weight excluding hydrogens is 496 g/mol. The number of hydrogen-bond donors (Lipinski definition) is 1. The molecule has 1 aliphatic rings. The SMILES string of the molecule is COCCNC(=O)CN1C(=O)CS[C@@H](c2cccs2)c2c(C(C)(C)C)nn(-c3ccc(OC)cc3)c21. The maximum Gasteiger partial charge on any atom is 0.240 e. The topological polar surface area (TPSA) is 85.7 Å². The van der Waals surface area contributed by atoms with Gasteiger partial charge in [-0.2, -0.15) is 5.10 Å². The Morgan fingerprint density at radius 3 is 2.56 bits per heavy atom. The van der Waals surface area contributed by atoms with Gasteiger partial charge in [0, 0.05) is 29.5 Å². The number of rotatable bonds is 8. The number of nitrogens with zero attached hydrogens (tertiary/aromatic N) is 3. The third-order valence-corrected chi connectivity index (χ3v) is 8.17. The maximum absolute atomic E-state index is 13.5. The van der Waals surface area contributed by atoms with E-state index in [1.165, 1.54) is 0 Å². The molecule has 0 radical (unpaired) electrons. The predicted molar refractivity (Wildman–Crippen MR) is 145 cm³/mol. The summed E-state index contributed by atoms with van der Waals surface area (Å²) in [6, 6.07) is 11.7. The lowest BCUT2D eigenvalue weighted by molar-refractivity contribution is -0.123. The summed E-state index contributed by atoms with van der Waals surface area (Å²) in [5.41, 5.74) is 2.37. The molecule has 3 heterocycles. The van der Waals surface area contributed by atoms with E-state index < -0.39 is 0 Å². The van der Waals surface area contributed by atoms with E-state index in [1.54, 1.807) is 42.2 Å². The third-order valence-electron chi connectivity index (χ3n) is 5.85. The van der Waals surface area contributed by atoms with Crippen molar-refractivity contribution >= 4 is 40.7 Å². The van der Waals surface area contributed by atoms with Crippen LogP contribution in [0.1, 0.15) is 42.2 Å². The van der Waals surface area contributed by atoms with E-state index in [-0.39, 0.29) is 34.8 Å². The number of thiophene rings is 1. The molecule has 0 saturated carbocycles. The van der Waals surface area contributed by atoms with Gasteiger partial charge in [-0.1, -0.05) is 26.8 Å². The van der Waals surface area contributed by atoms with Crippen LogP contribution >= 0.6 is 23.1 Å². The average Bonchev–Trinajstić information content (AvgIpc) is 3.49. The second-order valence-electron chi connectivity index (χ2n) is 9.47. The van der Waals surface area contributed by atoms with Crippen molar-refractivity contribution in [3.63, 3.8) is 0 Å². The first-order chi connectivity index (χ1) is 17.2. The van der Waals surface area contributed by atoms with Crippen molar-refractivity contribution in [3.05, 3.63) is 57.9 Å². The Bertz CT molecular complexity index is 1200. The molecular formula is C26H32N4O4S2. The second-order valence-corrected chi connectivity index (χ2v) is 11.5. The van der Waals surface area contributed by atoms with Crippen LogP contribution in [0.3, 0.4) is 0 Å². The molecule has 0 unspecified atom stereocenters. The lowest BCUT2D eigenvalue weighted by atomic mass is 9.88. The molecule has 2 aromatic heterocycles. The number of benzene rings is 1. The number of aromatic nitrogens is 2. The number of thioether (sulfide) groups is 1. The van der Waals surface area contributed by atoms with Crippen molar-refractivity contribution in [2.75, 3.05) is 44.6 Å². The highest BCUT2D eigenvalue weighted by atomic mass is 32.2. The highest BCUT2D eigenvalue weighted by Gasteiger charge is 2.40. The molecule has 2 amide bonds. The second kappa shape index (κ2) is 11.1. The number of carbonyl (C=O) groups excluding carboxylic acids is 2. The van der Waals surface area contributed by atoms with Crippen molar-refractivity contribution in [3.8, 4) is 11.4 Å². The van der Waals surface area contributed by atoms with E-state index in [4.69, 9.17) is 14.6 Å². The Morgan fingerprint density at radius 2 is 1.94 bits per heavy atom. The zero-order valence-electron chi connectivity index (χ0n) is 21.2. The number of fused-ring (bicyclic) bond motifs is 1. The number of carbonyl (C=O) groups is 2. The monoisotopic (exact) mass is 528 g/mol. The standard InChI is InChI=1S/C26H32N4O4S2/c1-26(2,3)24-22-23(19-7-6-14-35-19)36-16-21(32)29(15-20(31)27-12-13-33-4)25(22)30(28-24)17-8-10-18(34-5)11-9-17/h6-11,14,23H,12-13,15-16H2,1-5H3,(H,27,31)/t23-/m0/s1. The fraction of sp³-hybridized carbons (Fsp3) is 0.423. The summed E-state index contributed by atoms with van der Waals surface area (Å²) in [5.74, 6) is 1.25. The lowest BCUT2D eigenvalue weighted by Crippen LogP contribution is -2.43. The summed E-state index contributed by atoms with van der Waals surface area (Å²) in [5, 5.41) is 9.90. The summed E-state index contributed by atoms with van der Waals surface area (Å²) < 4.78 is 12.2. The smallest absolute Gasteiger partial charge is 0.240 e. The first kappa shape index (κ1) is 26.2. The summed E-state index contributed by atoms with van der Waals surface area (Å²) in [7, 11) is 3.21. The lowest BCUT2D eigenvalue weighted by Gasteiger charge is -2.24. The molecule has 0 fully saturated rings. The Kier molecular flexibility index (Phi) is 8.07. The fourth-order valence-corrected chi connectivity index (χ4v) is 6.31. The quantitative estimate of drug-likeness (QED) is 0.442. The molecule has 1 atom stereocenters. The van der Waals surface area contributed by atoms with Gasteiger partial charge in [0.05, 0.1) is 36.1 Å². The van der Waals surface area contributed by atoms with Crippen LogP contribution < -0.4 is 15.0 Å². The predicted octanol–water partition coefficient (Wildman–Crippen LogP) is 4.17. The number of amides is 2. The largest absolute Gasteiger partial charge is 0.497 e. The first-order valence-corrected chi connectivity index (χ1v) is 13.7. The van der Waals surface area contributed by atoms with Gasteiger partial charge in [0.1, 0.15) is 18.1 Å². The van der Waals surface area contributed by atoms with Crippen LogP contribution in [0.25, 0.3) is 5.69 Å². The minimum absolute atomic E-state index is 0.0771. The van der Waals surface area contributed by atoms with Gasteiger partial charge in [-0.3, -0.25) is 14.5 Å². The van der Waals surface area contributed by atoms with Crippen LogP contribution in [0.15, 0.2) is 41.8 Å². The van der Waals surface area contributed by atoms with E-state index >= 15 is 0 Å². The van der Waals surface area contributed by atoms with E-state index in [9.17, 15) is 9.59 Å². The Labute approximate surface area is 220 Å². The molecule has 10 heteroatoms. The number of ether oxygens (including phenoxy) is 2. The Morgan fingerprint density at radius 1 is 1.19 bits per heavy atom. The summed E-state index contributed by atoms with van der Waals surface area (Å²) in [6.45, 7) is 7.05. The molecule has 192 valence electrons. The van der Waals surface area contributed by atoms with Gasteiger partial charge in [-0.05, 0) is 35.7 Å². The van der Waals surface area contributed by atoms with Gasteiger partial charge in [0.15, 0.2) is 0 Å². The van der Waals surface area contributed by atoms with Crippen LogP contribution in [-0.2, 0) is 19.7 Å². The van der Waals surface area contributed by atoms with Gasteiger partial charge < -0.3 is 14.8 Å². The van der Waals surface area contributed by atoms with Crippen LogP contribution in [0.5, 0.6) is 5.75 Å². The van der Waals surface area contributed by atoms with Crippen molar-refractivity contribution in [2.24, 2.45) is 0 Å². The molecule has 0 aliphatic carbocycles. The van der Waals surface area contributed by atoms with E-state index in [0.29, 0.717) is 19.0 Å². The summed E-state index contributed by atoms with van der Waals surface area (Å²) in [4.78, 5) is 29.2. The zero-order chi connectivity index (χ0) is 25.9. The van der Waals surface area contributed by atoms with Gasteiger partial charge in [0.2, 0.25) is 11.8 Å². The van der Waals surface area contributed by atoms with Crippen molar-refractivity contribution in [1.29, 1.82) is 0 Å². The summed E-state index contributed by atoms with van der Waals surface area (Å²) >= 11 is 3.25. The Hall–Kier alpha value is -2.82. The Balaban J connectivity index is 1.92. The van der Waals surface area contributed by atoms with Crippen LogP contribution in [0, 0.1) is 0 Å². The number of nitrogens with one attached hydrogen (secondary N) is 1. The van der Waals surface area contributed by atoms with Crippen LogP contribution in [0.4, 0.5) is 5.82 Å². The minimum atomic E-state index is -0.294. The highest BCUT2D eigenvalue weighted by Crippen LogP contribution is 2.49. The third kappa shape index (κ3) is 5.45. The number of methoxy groups -OCH3 is 2. The zero-order valence-corrected chi connectivity index (χ0v) is 22.9. The minimum Gasteiger partial charge on any atom is -0.497 e. The molecule has 0 saturated heterocycles. The molecule has 8 nitrogen and oxygen atoms in total. The first-order valence-electron chi connectivity index (χ1n) is 11.7. The van der Waals surface area contributed by atoms with Gasteiger partial charge in [-0.25, -0.2) is 4.68 Å². The average molecular weight is 529 g/mol. The van der Waals surface area contributed by atoms with Crippen molar-refractivity contribution in [1.82, 2.24) is 15.1 Å². The van der Waals surface area contributed by atoms with Gasteiger partial charge in [-0.15, -0.1) is 23.1 Å². The van der Waals surface area contributed by atoms with Gasteiger partial charge >= 0.3 is 0 Å². The van der Waals surface area contributed by atoms with Crippen LogP contribution in [0.2, 0.25) is 0 Å². The molecule has 1 N–H and O–H groups in total. The molecule has 0 bridgehead atoms. The highest BCUT2D eigenvalue weighted by molar-refractivity contribution is 8.00. The summed E-state index contributed by atoms with van der Waals surface area (Å²) in [6.07, 6.45) is 0. The fourth-order valence-electron chi connectivity index (χ4n) is 4.13. The van der Waals surface area contributed by atoms with Gasteiger partial charge in [0.25, 0.3) is 0 Å². The van der Waals surface area contributed by atoms with Crippen molar-refractivity contribution in [2.45, 2.75) is 31.4 Å². The molecule has 4 rings (SSSR count). The molecule has 36 heavy (non-hydrogen) atoms. The maximum atomic E-state index is 13.5. The molecule has 0 spiro atoms. The normalized spacial score (nSPS) is 16.0. The number of anilines is 1. The van der Waals surface area contributed by atoms with E-state index in [0.717, 1.165) is 27.6 Å². The van der Waals surface area contributed by atoms with Crippen molar-refractivity contribution < 1.29 is 19.1 Å². The molecule has 1 aromatic carbocycles. The van der Waals surface area contributed by atoms with Crippen LogP contribution in [-0.4, -0.2) is 61.3 Å². The molecule has 3 aromatic rings. The van der Waals surface area contributed by atoms with E-state index in [1.807, 2.05) is 40.4 Å². The number of hydrogen-bond acceptors (Lipinski definition) is 7.